The van der Waals surface area contributed by atoms with Crippen LogP contribution in [0.25, 0.3) is 22.4 Å². The first-order valence-corrected chi connectivity index (χ1v) is 9.21. The fourth-order valence-electron chi connectivity index (χ4n) is 3.91. The highest BCUT2D eigenvalue weighted by Crippen LogP contribution is 2.34. The number of aryl methyl sites for hydroxylation is 1. The van der Waals surface area contributed by atoms with Crippen molar-refractivity contribution in [1.29, 1.82) is 0 Å². The van der Waals surface area contributed by atoms with Crippen LogP contribution in [-0.4, -0.2) is 26.9 Å². The maximum atomic E-state index is 12.9. The second-order valence-corrected chi connectivity index (χ2v) is 7.26. The van der Waals surface area contributed by atoms with E-state index in [1.807, 2.05) is 35.9 Å². The molecule has 0 radical (unpaired) electrons. The Kier molecular flexibility index (Phi) is 4.26. The molecular weight excluding hydrogens is 328 g/mol. The van der Waals surface area contributed by atoms with Crippen LogP contribution in [-0.2, 0) is 0 Å². The molecule has 1 fully saturated rings. The van der Waals surface area contributed by atoms with Crippen LogP contribution in [0, 0.1) is 12.8 Å². The van der Waals surface area contributed by atoms with Gasteiger partial charge in [-0.1, -0.05) is 19.1 Å². The van der Waals surface area contributed by atoms with Crippen LogP contribution in [0.2, 0.25) is 0 Å². The lowest BCUT2D eigenvalue weighted by Crippen LogP contribution is -2.21. The van der Waals surface area contributed by atoms with E-state index in [-0.39, 0.29) is 11.6 Å². The van der Waals surface area contributed by atoms with Crippen molar-refractivity contribution in [2.45, 2.75) is 45.6 Å². The zero-order chi connectivity index (χ0) is 18.3. The van der Waals surface area contributed by atoms with E-state index in [0.29, 0.717) is 22.6 Å². The Labute approximate surface area is 152 Å². The van der Waals surface area contributed by atoms with Gasteiger partial charge in [0, 0.05) is 0 Å². The van der Waals surface area contributed by atoms with E-state index in [1.54, 1.807) is 7.11 Å². The highest BCUT2D eigenvalue weighted by atomic mass is 16.5. The fourth-order valence-corrected chi connectivity index (χ4v) is 3.91. The van der Waals surface area contributed by atoms with Gasteiger partial charge >= 0.3 is 0 Å². The molecule has 0 saturated heterocycles. The van der Waals surface area contributed by atoms with Crippen molar-refractivity contribution in [2.75, 3.05) is 7.11 Å². The molecule has 0 aliphatic heterocycles. The Hall–Kier alpha value is -2.63. The number of aromatic amines is 1. The van der Waals surface area contributed by atoms with Gasteiger partial charge in [-0.15, -0.1) is 0 Å². The molecule has 4 rings (SSSR count). The van der Waals surface area contributed by atoms with E-state index in [4.69, 9.17) is 9.72 Å². The number of rotatable bonds is 3. The lowest BCUT2D eigenvalue weighted by molar-refractivity contribution is 0.278. The van der Waals surface area contributed by atoms with Gasteiger partial charge in [0.15, 0.2) is 5.52 Å². The normalized spacial score (nSPS) is 20.4. The first-order chi connectivity index (χ1) is 12.6. The van der Waals surface area contributed by atoms with Crippen molar-refractivity contribution < 1.29 is 4.74 Å². The summed E-state index contributed by atoms with van der Waals surface area (Å²) in [5, 5.41) is 4.68. The third kappa shape index (κ3) is 2.79. The van der Waals surface area contributed by atoms with Crippen LogP contribution >= 0.6 is 0 Å². The van der Waals surface area contributed by atoms with Crippen molar-refractivity contribution in [3.63, 3.8) is 0 Å². The molecule has 0 bridgehead atoms. The number of nitrogens with zero attached hydrogens (tertiary/aromatic N) is 3. The topological polar surface area (TPSA) is 72.8 Å². The standard InChI is InChI=1S/C20H24N4O2/c1-12-8-10-14(11-9-12)24-18-17(13(2)23-24)21-19(22-20(18)25)15-6-4-5-7-16(15)26-3/h4-7,12,14H,8-11H2,1-3H3,(H,21,22,25)/t12-,14+. The van der Waals surface area contributed by atoms with Crippen molar-refractivity contribution in [1.82, 2.24) is 19.7 Å². The molecule has 0 atom stereocenters. The minimum atomic E-state index is -0.143. The first-order valence-electron chi connectivity index (χ1n) is 9.21. The quantitative estimate of drug-likeness (QED) is 0.777. The molecule has 2 heterocycles. The molecule has 26 heavy (non-hydrogen) atoms. The Morgan fingerprint density at radius 3 is 2.65 bits per heavy atom. The molecule has 1 aliphatic rings. The lowest BCUT2D eigenvalue weighted by Gasteiger charge is -2.26. The largest absolute Gasteiger partial charge is 0.496 e. The number of benzene rings is 1. The maximum absolute atomic E-state index is 12.9. The van der Waals surface area contributed by atoms with Gasteiger partial charge in [-0.25, -0.2) is 4.98 Å². The molecule has 1 aliphatic carbocycles. The number of methoxy groups -OCH3 is 1. The zero-order valence-electron chi connectivity index (χ0n) is 15.5. The Balaban J connectivity index is 1.84. The molecule has 1 saturated carbocycles. The third-order valence-corrected chi connectivity index (χ3v) is 5.42. The predicted octanol–water partition coefficient (Wildman–Crippen LogP) is 3.85. The molecule has 3 aromatic rings. The van der Waals surface area contributed by atoms with Gasteiger partial charge < -0.3 is 9.72 Å². The summed E-state index contributed by atoms with van der Waals surface area (Å²) in [6.45, 7) is 4.21. The van der Waals surface area contributed by atoms with Crippen molar-refractivity contribution in [3.8, 4) is 17.1 Å². The number of H-pyrrole nitrogens is 1. The SMILES string of the molecule is COc1ccccc1-c1nc2c(C)nn([C@H]3CC[C@@H](C)CC3)c2c(=O)[nH]1. The van der Waals surface area contributed by atoms with Gasteiger partial charge in [0.1, 0.15) is 17.1 Å². The Morgan fingerprint density at radius 2 is 1.92 bits per heavy atom. The molecule has 1 aromatic carbocycles. The van der Waals surface area contributed by atoms with Gasteiger partial charge in [-0.2, -0.15) is 5.10 Å². The number of fused-ring (bicyclic) bond motifs is 1. The molecule has 0 amide bonds. The first kappa shape index (κ1) is 16.8. The van der Waals surface area contributed by atoms with Crippen LogP contribution in [0.5, 0.6) is 5.75 Å². The summed E-state index contributed by atoms with van der Waals surface area (Å²) in [7, 11) is 1.61. The van der Waals surface area contributed by atoms with E-state index < -0.39 is 0 Å². The van der Waals surface area contributed by atoms with E-state index in [2.05, 4.69) is 17.0 Å². The van der Waals surface area contributed by atoms with Gasteiger partial charge in [0.25, 0.3) is 5.56 Å². The summed E-state index contributed by atoms with van der Waals surface area (Å²) in [6.07, 6.45) is 4.47. The molecular formula is C20H24N4O2. The smallest absolute Gasteiger partial charge is 0.277 e. The number of para-hydroxylation sites is 1. The molecule has 0 spiro atoms. The Bertz CT molecular complexity index is 997. The Morgan fingerprint density at radius 1 is 1.19 bits per heavy atom. The van der Waals surface area contributed by atoms with Gasteiger partial charge in [-0.3, -0.25) is 9.48 Å². The highest BCUT2D eigenvalue weighted by Gasteiger charge is 2.25. The van der Waals surface area contributed by atoms with Crippen LogP contribution in [0.15, 0.2) is 29.1 Å². The molecule has 1 N–H and O–H groups in total. The van der Waals surface area contributed by atoms with Crippen LogP contribution in [0.1, 0.15) is 44.3 Å². The van der Waals surface area contributed by atoms with Crippen molar-refractivity contribution in [3.05, 3.63) is 40.3 Å². The molecule has 2 aromatic heterocycles. The van der Waals surface area contributed by atoms with Crippen LogP contribution < -0.4 is 10.3 Å². The van der Waals surface area contributed by atoms with Crippen molar-refractivity contribution in [2.24, 2.45) is 5.92 Å². The van der Waals surface area contributed by atoms with Crippen LogP contribution in [0.3, 0.4) is 0 Å². The molecule has 0 unspecified atom stereocenters. The minimum Gasteiger partial charge on any atom is -0.496 e. The van der Waals surface area contributed by atoms with Crippen LogP contribution in [0.4, 0.5) is 0 Å². The number of hydrogen-bond acceptors (Lipinski definition) is 4. The van der Waals surface area contributed by atoms with Gasteiger partial charge in [0.05, 0.1) is 24.4 Å². The number of aromatic nitrogens is 4. The third-order valence-electron chi connectivity index (χ3n) is 5.42. The average molecular weight is 352 g/mol. The number of ether oxygens (including phenoxy) is 1. The predicted molar refractivity (Wildman–Crippen MR) is 102 cm³/mol. The second-order valence-electron chi connectivity index (χ2n) is 7.26. The molecule has 6 nitrogen and oxygen atoms in total. The molecule has 6 heteroatoms. The van der Waals surface area contributed by atoms with Crippen molar-refractivity contribution >= 4 is 11.0 Å². The summed E-state index contributed by atoms with van der Waals surface area (Å²) in [6, 6.07) is 7.83. The lowest BCUT2D eigenvalue weighted by atomic mass is 9.87. The summed E-state index contributed by atoms with van der Waals surface area (Å²) in [5.74, 6) is 1.95. The minimum absolute atomic E-state index is 0.143. The summed E-state index contributed by atoms with van der Waals surface area (Å²) in [4.78, 5) is 20.6. The second kappa shape index (κ2) is 6.59. The van der Waals surface area contributed by atoms with E-state index in [1.165, 1.54) is 12.8 Å². The highest BCUT2D eigenvalue weighted by molar-refractivity contribution is 5.79. The number of hydrogen-bond donors (Lipinski definition) is 1. The zero-order valence-corrected chi connectivity index (χ0v) is 15.5. The molecule has 136 valence electrons. The van der Waals surface area contributed by atoms with Gasteiger partial charge in [0.2, 0.25) is 0 Å². The monoisotopic (exact) mass is 352 g/mol. The van der Waals surface area contributed by atoms with E-state index in [0.717, 1.165) is 30.0 Å². The fraction of sp³-hybridized carbons (Fsp3) is 0.450. The van der Waals surface area contributed by atoms with E-state index >= 15 is 0 Å². The summed E-state index contributed by atoms with van der Waals surface area (Å²) in [5.41, 5.74) is 2.68. The van der Waals surface area contributed by atoms with Gasteiger partial charge in [-0.05, 0) is 50.7 Å². The summed E-state index contributed by atoms with van der Waals surface area (Å²) >= 11 is 0. The maximum Gasteiger partial charge on any atom is 0.277 e. The average Bonchev–Trinajstić information content (AvgIpc) is 2.99. The number of nitrogens with one attached hydrogen (secondary N) is 1. The summed E-state index contributed by atoms with van der Waals surface area (Å²) < 4.78 is 7.32. The van der Waals surface area contributed by atoms with E-state index in [9.17, 15) is 4.79 Å².